The molecule has 8 aliphatic rings. The first-order valence-corrected chi connectivity index (χ1v) is 26.5. The Kier molecular flexibility index (Phi) is 17.4. The summed E-state index contributed by atoms with van der Waals surface area (Å²) in [5.41, 5.74) is -0.429. The second-order valence-corrected chi connectivity index (χ2v) is 22.5. The molecule has 0 radical (unpaired) electrons. The lowest BCUT2D eigenvalue weighted by atomic mass is 9.45. The Bertz CT molecular complexity index is 1910. The first-order valence-electron chi connectivity index (χ1n) is 26.5. The van der Waals surface area contributed by atoms with Crippen LogP contribution >= 0.6 is 0 Å². The lowest BCUT2D eigenvalue weighted by Gasteiger charge is -2.63. The number of aliphatic hydroxyl groups excluding tert-OH is 1. The van der Waals surface area contributed by atoms with Gasteiger partial charge >= 0.3 is 5.97 Å². The minimum atomic E-state index is -1.15. The molecule has 4 heterocycles. The summed E-state index contributed by atoms with van der Waals surface area (Å²) in [4.78, 5) is 26.5. The van der Waals surface area contributed by atoms with E-state index in [4.69, 9.17) is 61.6 Å². The molecule has 8 rings (SSSR count). The average molecular weight is 1010 g/mol. The van der Waals surface area contributed by atoms with Crippen molar-refractivity contribution in [1.29, 1.82) is 0 Å². The van der Waals surface area contributed by atoms with Crippen LogP contribution < -0.4 is 0 Å². The number of Topliss-reactive ketones (excluding diaryl/α,β-unsaturated/α-hetero) is 1. The number of ketones is 1. The van der Waals surface area contributed by atoms with Gasteiger partial charge in [0, 0.05) is 71.0 Å². The monoisotopic (exact) mass is 1010 g/mol. The number of rotatable bonds is 15. The highest BCUT2D eigenvalue weighted by atomic mass is 16.8. The van der Waals surface area contributed by atoms with Gasteiger partial charge in [-0.1, -0.05) is 31.6 Å². The molecular weight excluding hydrogens is 921 g/mol. The van der Waals surface area contributed by atoms with E-state index >= 15 is 0 Å². The number of allylic oxidation sites excluding steroid dienone is 2. The Morgan fingerprint density at radius 1 is 0.662 bits per heavy atom. The molecule has 7 fully saturated rings. The highest BCUT2D eigenvalue weighted by molar-refractivity contribution is 5.88. The summed E-state index contributed by atoms with van der Waals surface area (Å²) >= 11 is 0. The molecule has 2 N–H and O–H groups in total. The lowest BCUT2D eigenvalue weighted by Crippen LogP contribution is -2.66. The Morgan fingerprint density at radius 2 is 1.14 bits per heavy atom. The van der Waals surface area contributed by atoms with E-state index in [1.54, 1.807) is 55.3 Å². The molecule has 404 valence electrons. The minimum Gasteiger partial charge on any atom is -0.458 e. The normalized spacial score (nSPS) is 49.3. The SMILES string of the molecule is C/C=C(\C)C(=O)OC1CC2C(CC=C3CC(O[C@H]4C[C@@H](OC)[C@@H](O[C@H]5C[C@@H](OC)[C@@H](O[C@H]6C[C@@H](OC)[C@@H](O[C@H]7C[C@@H](OC)[C@@H](O)C(C)O7)C(C)O6)C(C)O5)C(C)O4)CCC32C)C2(O)CCC(C(C)=O)C12C. The number of ether oxygens (including phenoxy) is 13. The van der Waals surface area contributed by atoms with Crippen LogP contribution in [0.3, 0.4) is 0 Å². The van der Waals surface area contributed by atoms with Gasteiger partial charge in [0.2, 0.25) is 0 Å². The number of esters is 1. The summed E-state index contributed by atoms with van der Waals surface area (Å²) in [7, 11) is 6.56. The number of fused-ring (bicyclic) bond motifs is 5. The van der Waals surface area contributed by atoms with Crippen molar-refractivity contribution in [3.8, 4) is 0 Å². The van der Waals surface area contributed by atoms with Gasteiger partial charge in [-0.05, 0) is 111 Å². The molecule has 0 aromatic rings. The fourth-order valence-corrected chi connectivity index (χ4v) is 14.4. The summed E-state index contributed by atoms with van der Waals surface area (Å²) in [6.45, 7) is 17.1. The van der Waals surface area contributed by atoms with Crippen LogP contribution in [-0.2, 0) is 71.2 Å². The molecule has 3 saturated carbocycles. The van der Waals surface area contributed by atoms with Gasteiger partial charge in [0.1, 0.15) is 36.3 Å². The zero-order chi connectivity index (χ0) is 51.3. The summed E-state index contributed by atoms with van der Waals surface area (Å²) in [6.07, 6.45) is 2.27. The smallest absolute Gasteiger partial charge is 0.333 e. The van der Waals surface area contributed by atoms with Crippen LogP contribution in [0.5, 0.6) is 0 Å². The molecular formula is C54H86O17. The zero-order valence-corrected chi connectivity index (χ0v) is 44.6. The quantitative estimate of drug-likeness (QED) is 0.106. The summed E-state index contributed by atoms with van der Waals surface area (Å²) in [5, 5.41) is 23.3. The molecule has 17 heteroatoms. The molecule has 0 spiro atoms. The van der Waals surface area contributed by atoms with Crippen LogP contribution in [0.15, 0.2) is 23.3 Å². The van der Waals surface area contributed by atoms with Gasteiger partial charge in [-0.15, -0.1) is 0 Å². The van der Waals surface area contributed by atoms with E-state index in [9.17, 15) is 19.8 Å². The maximum absolute atomic E-state index is 13.4. The highest BCUT2D eigenvalue weighted by Crippen LogP contribution is 2.68. The van der Waals surface area contributed by atoms with E-state index in [0.717, 1.165) is 19.3 Å². The minimum absolute atomic E-state index is 0.0422. The predicted molar refractivity (Wildman–Crippen MR) is 257 cm³/mol. The van der Waals surface area contributed by atoms with Crippen molar-refractivity contribution >= 4 is 11.8 Å². The number of carbonyl (C=O) groups excluding carboxylic acids is 2. The first kappa shape index (κ1) is 55.3. The lowest BCUT2D eigenvalue weighted by molar-refractivity contribution is -0.347. The van der Waals surface area contributed by atoms with E-state index in [1.165, 1.54) is 5.57 Å². The Labute approximate surface area is 421 Å². The molecule has 12 unspecified atom stereocenters. The van der Waals surface area contributed by atoms with Crippen molar-refractivity contribution in [3.05, 3.63) is 23.3 Å². The van der Waals surface area contributed by atoms with Crippen LogP contribution in [0, 0.1) is 28.6 Å². The molecule has 71 heavy (non-hydrogen) atoms. The standard InChI is InChI=1S/C54H86O17/c1-14-27(2)51(57)68-42-22-37-36(54(58)20-18-35(28(3)55)53(42,54)9)16-15-33-21-34(17-19-52(33,37)8)67-43-24-39(60-11)48(30(5)64-43)70-45-26-41(62-13)50(32(7)66-45)71-46-25-40(61-12)49(31(6)65-46)69-44-23-38(59-10)47(56)29(4)63-44/h14-15,29-32,34-50,56,58H,16-26H2,1-13H3/b27-14+/t29?,30?,31?,32?,34?,35?,36?,37?,38-,39-,40-,41-,42?,43+,44+,45+,46+,47+,48+,49+,50+,52?,53?,54?/m1/s1. The zero-order valence-electron chi connectivity index (χ0n) is 44.6. The van der Waals surface area contributed by atoms with Crippen molar-refractivity contribution in [2.45, 2.75) is 249 Å². The van der Waals surface area contributed by atoms with Crippen LogP contribution in [0.2, 0.25) is 0 Å². The molecule has 0 aromatic carbocycles. The number of hydrogen-bond donors (Lipinski definition) is 2. The van der Waals surface area contributed by atoms with Gasteiger partial charge < -0.3 is 71.8 Å². The molecule has 0 bridgehead atoms. The molecule has 4 aliphatic heterocycles. The van der Waals surface area contributed by atoms with Gasteiger partial charge in [-0.25, -0.2) is 4.79 Å². The fourth-order valence-electron chi connectivity index (χ4n) is 14.4. The first-order chi connectivity index (χ1) is 33.7. The number of carbonyl (C=O) groups is 2. The Morgan fingerprint density at radius 3 is 1.62 bits per heavy atom. The van der Waals surface area contributed by atoms with Crippen molar-refractivity contribution in [2.24, 2.45) is 28.6 Å². The third kappa shape index (κ3) is 10.5. The van der Waals surface area contributed by atoms with Crippen molar-refractivity contribution in [1.82, 2.24) is 0 Å². The molecule has 24 atom stereocenters. The molecule has 17 nitrogen and oxygen atoms in total. The number of hydrogen-bond acceptors (Lipinski definition) is 17. The summed E-state index contributed by atoms with van der Waals surface area (Å²) in [5.74, 6) is -0.718. The number of methoxy groups -OCH3 is 4. The van der Waals surface area contributed by atoms with E-state index in [0.29, 0.717) is 56.9 Å². The van der Waals surface area contributed by atoms with Gasteiger partial charge in [0.15, 0.2) is 25.2 Å². The Balaban J connectivity index is 0.855. The van der Waals surface area contributed by atoms with Crippen LogP contribution in [-0.4, -0.2) is 167 Å². The van der Waals surface area contributed by atoms with Crippen LogP contribution in [0.1, 0.15) is 133 Å². The molecule has 0 amide bonds. The highest BCUT2D eigenvalue weighted by Gasteiger charge is 2.71. The molecule has 4 aliphatic carbocycles. The second kappa shape index (κ2) is 22.3. The third-order valence-corrected chi connectivity index (χ3v) is 18.8. The average Bonchev–Trinajstić information content (AvgIpc) is 3.63. The van der Waals surface area contributed by atoms with Crippen LogP contribution in [0.4, 0.5) is 0 Å². The fraction of sp³-hybridized carbons (Fsp3) is 0.889. The predicted octanol–water partition coefficient (Wildman–Crippen LogP) is 6.26. The summed E-state index contributed by atoms with van der Waals surface area (Å²) < 4.78 is 81.8. The van der Waals surface area contributed by atoms with Crippen LogP contribution in [0.25, 0.3) is 0 Å². The Hall–Kier alpha value is -1.94. The van der Waals surface area contributed by atoms with E-state index < -0.39 is 91.1 Å². The second-order valence-electron chi connectivity index (χ2n) is 22.5. The van der Waals surface area contributed by atoms with E-state index in [1.807, 2.05) is 34.6 Å². The van der Waals surface area contributed by atoms with E-state index in [-0.39, 0.29) is 65.4 Å². The van der Waals surface area contributed by atoms with Crippen molar-refractivity contribution in [3.63, 3.8) is 0 Å². The largest absolute Gasteiger partial charge is 0.458 e. The maximum Gasteiger partial charge on any atom is 0.333 e. The van der Waals surface area contributed by atoms with Gasteiger partial charge in [-0.3, -0.25) is 4.79 Å². The molecule has 0 aromatic heterocycles. The maximum atomic E-state index is 13.4. The topological polar surface area (TPSA) is 195 Å². The van der Waals surface area contributed by atoms with E-state index in [2.05, 4.69) is 13.0 Å². The van der Waals surface area contributed by atoms with Gasteiger partial charge in [-0.2, -0.15) is 0 Å². The van der Waals surface area contributed by atoms with Gasteiger partial charge in [0.05, 0.1) is 60.5 Å². The number of aliphatic hydroxyl groups is 2. The van der Waals surface area contributed by atoms with Crippen molar-refractivity contribution < 1.29 is 81.4 Å². The summed E-state index contributed by atoms with van der Waals surface area (Å²) in [6, 6.07) is 0. The molecule has 4 saturated heterocycles. The third-order valence-electron chi connectivity index (χ3n) is 18.8. The van der Waals surface area contributed by atoms with Crippen molar-refractivity contribution in [2.75, 3.05) is 28.4 Å². The van der Waals surface area contributed by atoms with Gasteiger partial charge in [0.25, 0.3) is 0 Å².